The van der Waals surface area contributed by atoms with Crippen LogP contribution in [0.4, 0.5) is 0 Å². The van der Waals surface area contributed by atoms with Gasteiger partial charge in [-0.3, -0.25) is 9.88 Å². The van der Waals surface area contributed by atoms with E-state index in [1.165, 1.54) is 0 Å². The number of carboxylic acids is 1. The Bertz CT molecular complexity index is 611. The van der Waals surface area contributed by atoms with Crippen molar-refractivity contribution in [2.45, 2.75) is 20.0 Å². The van der Waals surface area contributed by atoms with Crippen LogP contribution in [-0.2, 0) is 13.1 Å². The average Bonchev–Trinajstić information content (AvgIpc) is 2.38. The third kappa shape index (κ3) is 3.90. The van der Waals surface area contributed by atoms with Crippen LogP contribution in [0.5, 0.6) is 0 Å². The first-order valence-corrected chi connectivity index (χ1v) is 6.48. The normalized spacial score (nSPS) is 10.8. The van der Waals surface area contributed by atoms with Crippen molar-refractivity contribution < 1.29 is 9.90 Å². The summed E-state index contributed by atoms with van der Waals surface area (Å²) in [5.41, 5.74) is 3.33. The summed E-state index contributed by atoms with van der Waals surface area (Å²) in [6.45, 7) is 3.40. The molecule has 1 aromatic heterocycles. The van der Waals surface area contributed by atoms with Gasteiger partial charge in [-0.05, 0) is 43.8 Å². The number of carboxylic acid groups (broad SMARTS) is 1. The molecular formula is C16H18N2O2. The molecule has 0 saturated carbocycles. The van der Waals surface area contributed by atoms with Gasteiger partial charge in [0, 0.05) is 18.8 Å². The summed E-state index contributed by atoms with van der Waals surface area (Å²) < 4.78 is 0. The van der Waals surface area contributed by atoms with Crippen LogP contribution in [0.15, 0.2) is 42.5 Å². The van der Waals surface area contributed by atoms with Crippen molar-refractivity contribution in [2.24, 2.45) is 0 Å². The van der Waals surface area contributed by atoms with Crippen molar-refractivity contribution in [3.63, 3.8) is 0 Å². The molecule has 0 aliphatic heterocycles. The molecule has 0 unspecified atom stereocenters. The number of pyridine rings is 1. The van der Waals surface area contributed by atoms with Gasteiger partial charge >= 0.3 is 5.97 Å². The molecule has 2 rings (SSSR count). The van der Waals surface area contributed by atoms with Gasteiger partial charge in [0.25, 0.3) is 0 Å². The predicted octanol–water partition coefficient (Wildman–Crippen LogP) is 2.72. The van der Waals surface area contributed by atoms with E-state index in [0.29, 0.717) is 12.1 Å². The Hall–Kier alpha value is -2.20. The lowest BCUT2D eigenvalue weighted by Crippen LogP contribution is -2.18. The molecule has 4 heteroatoms. The first kappa shape index (κ1) is 14.2. The van der Waals surface area contributed by atoms with Gasteiger partial charge in [0.2, 0.25) is 0 Å². The van der Waals surface area contributed by atoms with Gasteiger partial charge < -0.3 is 5.11 Å². The van der Waals surface area contributed by atoms with E-state index in [1.54, 1.807) is 18.2 Å². The van der Waals surface area contributed by atoms with E-state index < -0.39 is 5.97 Å². The van der Waals surface area contributed by atoms with E-state index in [4.69, 9.17) is 5.11 Å². The van der Waals surface area contributed by atoms with Gasteiger partial charge in [-0.2, -0.15) is 0 Å². The van der Waals surface area contributed by atoms with Crippen molar-refractivity contribution in [2.75, 3.05) is 7.05 Å². The summed E-state index contributed by atoms with van der Waals surface area (Å²) in [4.78, 5) is 17.5. The molecule has 0 radical (unpaired) electrons. The summed E-state index contributed by atoms with van der Waals surface area (Å²) in [6.07, 6.45) is 0. The van der Waals surface area contributed by atoms with Crippen molar-refractivity contribution in [3.05, 3.63) is 65.0 Å². The van der Waals surface area contributed by atoms with E-state index in [0.717, 1.165) is 23.5 Å². The largest absolute Gasteiger partial charge is 0.478 e. The van der Waals surface area contributed by atoms with Crippen molar-refractivity contribution >= 4 is 5.97 Å². The molecule has 0 amide bonds. The molecule has 1 N–H and O–H groups in total. The van der Waals surface area contributed by atoms with Crippen LogP contribution in [0.3, 0.4) is 0 Å². The van der Waals surface area contributed by atoms with Crippen LogP contribution >= 0.6 is 0 Å². The summed E-state index contributed by atoms with van der Waals surface area (Å²) in [5, 5.41) is 8.99. The van der Waals surface area contributed by atoms with E-state index in [-0.39, 0.29) is 0 Å². The number of benzene rings is 1. The smallest absolute Gasteiger partial charge is 0.335 e. The Morgan fingerprint density at radius 3 is 2.65 bits per heavy atom. The Labute approximate surface area is 118 Å². The zero-order chi connectivity index (χ0) is 14.5. The van der Waals surface area contributed by atoms with Crippen LogP contribution < -0.4 is 0 Å². The lowest BCUT2D eigenvalue weighted by Gasteiger charge is -2.16. The Morgan fingerprint density at radius 1 is 1.20 bits per heavy atom. The molecule has 104 valence electrons. The van der Waals surface area contributed by atoms with Crippen molar-refractivity contribution in [1.29, 1.82) is 0 Å². The third-order valence-electron chi connectivity index (χ3n) is 3.00. The second kappa shape index (κ2) is 6.30. The molecule has 0 saturated heterocycles. The van der Waals surface area contributed by atoms with E-state index in [1.807, 2.05) is 38.2 Å². The maximum atomic E-state index is 10.9. The number of carbonyl (C=O) groups is 1. The van der Waals surface area contributed by atoms with Crippen LogP contribution in [0, 0.1) is 6.92 Å². The van der Waals surface area contributed by atoms with Gasteiger partial charge in [0.1, 0.15) is 0 Å². The predicted molar refractivity (Wildman–Crippen MR) is 77.5 cm³/mol. The second-order valence-electron chi connectivity index (χ2n) is 4.95. The minimum absolute atomic E-state index is 0.324. The first-order valence-electron chi connectivity index (χ1n) is 6.48. The molecule has 0 aliphatic rings. The Balaban J connectivity index is 2.02. The number of aryl methyl sites for hydroxylation is 1. The maximum Gasteiger partial charge on any atom is 0.335 e. The first-order chi connectivity index (χ1) is 9.54. The highest BCUT2D eigenvalue weighted by Gasteiger charge is 2.06. The average molecular weight is 270 g/mol. The Kier molecular flexibility index (Phi) is 4.48. The molecule has 1 aromatic carbocycles. The van der Waals surface area contributed by atoms with Crippen molar-refractivity contribution in [1.82, 2.24) is 9.88 Å². The molecule has 1 heterocycles. The van der Waals surface area contributed by atoms with Gasteiger partial charge in [-0.15, -0.1) is 0 Å². The van der Waals surface area contributed by atoms with Crippen molar-refractivity contribution in [3.8, 4) is 0 Å². The van der Waals surface area contributed by atoms with Crippen LogP contribution in [-0.4, -0.2) is 28.0 Å². The summed E-state index contributed by atoms with van der Waals surface area (Å²) in [6, 6.07) is 13.0. The zero-order valence-corrected chi connectivity index (χ0v) is 11.7. The van der Waals surface area contributed by atoms with E-state index in [2.05, 4.69) is 9.88 Å². The Morgan fingerprint density at radius 2 is 1.95 bits per heavy atom. The minimum atomic E-state index is -0.894. The number of aromatic nitrogens is 1. The highest BCUT2D eigenvalue weighted by atomic mass is 16.4. The highest BCUT2D eigenvalue weighted by Crippen LogP contribution is 2.10. The fourth-order valence-electron chi connectivity index (χ4n) is 2.13. The number of aromatic carboxylic acids is 1. The van der Waals surface area contributed by atoms with Gasteiger partial charge in [-0.1, -0.05) is 18.2 Å². The summed E-state index contributed by atoms with van der Waals surface area (Å²) in [7, 11) is 2.00. The topological polar surface area (TPSA) is 53.4 Å². The SMILES string of the molecule is Cc1cccc(CN(C)Cc2cccc(C(=O)O)c2)n1. The quantitative estimate of drug-likeness (QED) is 0.907. The molecule has 0 spiro atoms. The summed E-state index contributed by atoms with van der Waals surface area (Å²) >= 11 is 0. The lowest BCUT2D eigenvalue weighted by atomic mass is 10.1. The van der Waals surface area contributed by atoms with Gasteiger partial charge in [-0.25, -0.2) is 4.79 Å². The molecule has 0 atom stereocenters. The lowest BCUT2D eigenvalue weighted by molar-refractivity contribution is 0.0696. The fourth-order valence-corrected chi connectivity index (χ4v) is 2.13. The number of hydrogen-bond acceptors (Lipinski definition) is 3. The molecule has 0 aliphatic carbocycles. The number of hydrogen-bond donors (Lipinski definition) is 1. The molecular weight excluding hydrogens is 252 g/mol. The molecule has 0 fully saturated rings. The molecule has 2 aromatic rings. The molecule has 4 nitrogen and oxygen atoms in total. The monoisotopic (exact) mass is 270 g/mol. The number of rotatable bonds is 5. The highest BCUT2D eigenvalue weighted by molar-refractivity contribution is 5.87. The molecule has 20 heavy (non-hydrogen) atoms. The van der Waals surface area contributed by atoms with Crippen LogP contribution in [0.2, 0.25) is 0 Å². The maximum absolute atomic E-state index is 10.9. The van der Waals surface area contributed by atoms with Gasteiger partial charge in [0.05, 0.1) is 11.3 Å². The zero-order valence-electron chi connectivity index (χ0n) is 11.7. The van der Waals surface area contributed by atoms with Crippen LogP contribution in [0.1, 0.15) is 27.3 Å². The van der Waals surface area contributed by atoms with Crippen LogP contribution in [0.25, 0.3) is 0 Å². The van der Waals surface area contributed by atoms with Gasteiger partial charge in [0.15, 0.2) is 0 Å². The minimum Gasteiger partial charge on any atom is -0.478 e. The fraction of sp³-hybridized carbons (Fsp3) is 0.250. The summed E-state index contributed by atoms with van der Waals surface area (Å²) in [5.74, 6) is -0.894. The number of nitrogens with zero attached hydrogens (tertiary/aromatic N) is 2. The van der Waals surface area contributed by atoms with E-state index >= 15 is 0 Å². The molecule has 0 bridgehead atoms. The standard InChI is InChI=1S/C16H18N2O2/c1-12-5-3-8-15(17-12)11-18(2)10-13-6-4-7-14(9-13)16(19)20/h3-9H,10-11H2,1-2H3,(H,19,20). The van der Waals surface area contributed by atoms with E-state index in [9.17, 15) is 4.79 Å². The second-order valence-corrected chi connectivity index (χ2v) is 4.95. The third-order valence-corrected chi connectivity index (χ3v) is 3.00.